The Hall–Kier alpha value is -2.32. The second kappa shape index (κ2) is 6.22. The molecule has 0 unspecified atom stereocenters. The highest BCUT2D eigenvalue weighted by molar-refractivity contribution is 5.77. The molecule has 110 valence electrons. The van der Waals surface area contributed by atoms with Crippen molar-refractivity contribution < 1.29 is 9.59 Å². The standard InChI is InChI=1S/C11H19N7O2/c1-2-13-11(20)17-5-3-16(4-6-17)9(19)7-18-8-14-10(12)15-18/h8H,2-7H2,1H3,(H2,12,15)(H,13,20). The van der Waals surface area contributed by atoms with E-state index in [0.717, 1.165) is 0 Å². The van der Waals surface area contributed by atoms with Gasteiger partial charge < -0.3 is 20.9 Å². The number of piperazine rings is 1. The summed E-state index contributed by atoms with van der Waals surface area (Å²) in [5.41, 5.74) is 5.39. The number of hydrogen-bond acceptors (Lipinski definition) is 5. The van der Waals surface area contributed by atoms with Gasteiger partial charge in [-0.1, -0.05) is 0 Å². The molecule has 0 bridgehead atoms. The van der Waals surface area contributed by atoms with Crippen LogP contribution in [-0.4, -0.2) is 69.2 Å². The molecule has 1 aliphatic heterocycles. The third-order valence-corrected chi connectivity index (χ3v) is 3.10. The van der Waals surface area contributed by atoms with E-state index < -0.39 is 0 Å². The van der Waals surface area contributed by atoms with Crippen LogP contribution in [0.15, 0.2) is 6.33 Å². The van der Waals surface area contributed by atoms with Crippen LogP contribution >= 0.6 is 0 Å². The molecule has 0 atom stereocenters. The average Bonchev–Trinajstić information content (AvgIpc) is 2.84. The molecule has 0 radical (unpaired) electrons. The highest BCUT2D eigenvalue weighted by atomic mass is 16.2. The quantitative estimate of drug-likeness (QED) is 0.718. The summed E-state index contributed by atoms with van der Waals surface area (Å²) in [5, 5.41) is 6.62. The number of anilines is 1. The number of amides is 3. The molecule has 3 N–H and O–H groups in total. The predicted molar refractivity (Wildman–Crippen MR) is 71.7 cm³/mol. The van der Waals surface area contributed by atoms with E-state index in [9.17, 15) is 9.59 Å². The summed E-state index contributed by atoms with van der Waals surface area (Å²) >= 11 is 0. The largest absolute Gasteiger partial charge is 0.367 e. The van der Waals surface area contributed by atoms with Crippen molar-refractivity contribution in [2.24, 2.45) is 0 Å². The molecule has 9 nitrogen and oxygen atoms in total. The highest BCUT2D eigenvalue weighted by Gasteiger charge is 2.23. The number of nitrogens with zero attached hydrogens (tertiary/aromatic N) is 5. The van der Waals surface area contributed by atoms with Crippen molar-refractivity contribution in [3.8, 4) is 0 Å². The number of nitrogens with two attached hydrogens (primary N) is 1. The zero-order chi connectivity index (χ0) is 14.5. The van der Waals surface area contributed by atoms with E-state index in [2.05, 4.69) is 15.4 Å². The van der Waals surface area contributed by atoms with Crippen molar-refractivity contribution >= 4 is 17.9 Å². The van der Waals surface area contributed by atoms with E-state index >= 15 is 0 Å². The molecule has 1 aromatic rings. The number of carbonyl (C=O) groups is 2. The molecular formula is C11H19N7O2. The lowest BCUT2D eigenvalue weighted by Gasteiger charge is -2.34. The van der Waals surface area contributed by atoms with Gasteiger partial charge in [0.25, 0.3) is 0 Å². The monoisotopic (exact) mass is 281 g/mol. The van der Waals surface area contributed by atoms with Gasteiger partial charge in [0.2, 0.25) is 11.9 Å². The SMILES string of the molecule is CCNC(=O)N1CCN(C(=O)Cn2cnc(N)n2)CC1. The minimum Gasteiger partial charge on any atom is -0.367 e. The van der Waals surface area contributed by atoms with E-state index in [0.29, 0.717) is 32.7 Å². The Morgan fingerprint density at radius 3 is 2.50 bits per heavy atom. The molecule has 0 aromatic carbocycles. The number of urea groups is 1. The molecule has 2 rings (SSSR count). The van der Waals surface area contributed by atoms with Crippen LogP contribution in [0.1, 0.15) is 6.92 Å². The Labute approximate surface area is 116 Å². The molecule has 1 saturated heterocycles. The molecule has 0 aliphatic carbocycles. The molecule has 0 spiro atoms. The summed E-state index contributed by atoms with van der Waals surface area (Å²) in [4.78, 5) is 30.9. The summed E-state index contributed by atoms with van der Waals surface area (Å²) in [6, 6.07) is -0.0800. The third kappa shape index (κ3) is 3.37. The lowest BCUT2D eigenvalue weighted by Crippen LogP contribution is -2.53. The lowest BCUT2D eigenvalue weighted by molar-refractivity contribution is -0.133. The van der Waals surface area contributed by atoms with Gasteiger partial charge in [0.1, 0.15) is 12.9 Å². The van der Waals surface area contributed by atoms with Gasteiger partial charge >= 0.3 is 6.03 Å². The lowest BCUT2D eigenvalue weighted by atomic mass is 10.3. The van der Waals surface area contributed by atoms with Crippen LogP contribution in [0.3, 0.4) is 0 Å². The third-order valence-electron chi connectivity index (χ3n) is 3.10. The summed E-state index contributed by atoms with van der Waals surface area (Å²) in [5.74, 6) is 0.101. The minimum atomic E-state index is -0.0800. The summed E-state index contributed by atoms with van der Waals surface area (Å²) in [7, 11) is 0. The molecule has 1 fully saturated rings. The van der Waals surface area contributed by atoms with E-state index in [1.54, 1.807) is 9.80 Å². The van der Waals surface area contributed by atoms with Crippen molar-refractivity contribution in [1.29, 1.82) is 0 Å². The first-order valence-corrected chi connectivity index (χ1v) is 6.55. The Morgan fingerprint density at radius 1 is 1.30 bits per heavy atom. The van der Waals surface area contributed by atoms with Gasteiger partial charge in [-0.3, -0.25) is 4.79 Å². The van der Waals surface area contributed by atoms with Crippen molar-refractivity contribution in [1.82, 2.24) is 29.9 Å². The van der Waals surface area contributed by atoms with Crippen LogP contribution in [0, 0.1) is 0 Å². The fourth-order valence-electron chi connectivity index (χ4n) is 2.05. The number of hydrogen-bond donors (Lipinski definition) is 2. The topological polar surface area (TPSA) is 109 Å². The molecular weight excluding hydrogens is 262 g/mol. The zero-order valence-electron chi connectivity index (χ0n) is 11.4. The second-order valence-electron chi connectivity index (χ2n) is 4.50. The van der Waals surface area contributed by atoms with E-state index in [1.807, 2.05) is 6.92 Å². The number of carbonyl (C=O) groups excluding carboxylic acids is 2. The Balaban J connectivity index is 1.81. The first kappa shape index (κ1) is 14.1. The molecule has 9 heteroatoms. The number of rotatable bonds is 3. The Bertz CT molecular complexity index is 479. The van der Waals surface area contributed by atoms with Gasteiger partial charge in [0, 0.05) is 32.7 Å². The molecule has 1 aliphatic rings. The van der Waals surface area contributed by atoms with Crippen molar-refractivity contribution in [2.75, 3.05) is 38.5 Å². The average molecular weight is 281 g/mol. The van der Waals surface area contributed by atoms with Gasteiger partial charge in [-0.05, 0) is 6.92 Å². The van der Waals surface area contributed by atoms with Gasteiger partial charge in [0.15, 0.2) is 0 Å². The van der Waals surface area contributed by atoms with E-state index in [-0.39, 0.29) is 24.4 Å². The summed E-state index contributed by atoms with van der Waals surface area (Å²) in [6.07, 6.45) is 1.43. The smallest absolute Gasteiger partial charge is 0.317 e. The van der Waals surface area contributed by atoms with Gasteiger partial charge in [-0.15, -0.1) is 5.10 Å². The normalized spacial score (nSPS) is 15.2. The van der Waals surface area contributed by atoms with Crippen LogP contribution in [-0.2, 0) is 11.3 Å². The minimum absolute atomic E-state index is 0.0505. The van der Waals surface area contributed by atoms with Crippen LogP contribution in [0.2, 0.25) is 0 Å². The molecule has 2 heterocycles. The molecule has 0 saturated carbocycles. The zero-order valence-corrected chi connectivity index (χ0v) is 11.4. The summed E-state index contributed by atoms with van der Waals surface area (Å²) < 4.78 is 1.41. The molecule has 3 amide bonds. The fourth-order valence-corrected chi connectivity index (χ4v) is 2.05. The Morgan fingerprint density at radius 2 is 1.95 bits per heavy atom. The Kier molecular flexibility index (Phi) is 4.38. The van der Waals surface area contributed by atoms with Gasteiger partial charge in [-0.25, -0.2) is 14.5 Å². The van der Waals surface area contributed by atoms with E-state index in [4.69, 9.17) is 5.73 Å². The molecule has 20 heavy (non-hydrogen) atoms. The second-order valence-corrected chi connectivity index (χ2v) is 4.50. The number of nitrogens with one attached hydrogen (secondary N) is 1. The fraction of sp³-hybridized carbons (Fsp3) is 0.636. The van der Waals surface area contributed by atoms with Crippen LogP contribution in [0.4, 0.5) is 10.7 Å². The number of nitrogen functional groups attached to an aromatic ring is 1. The summed E-state index contributed by atoms with van der Waals surface area (Å²) in [6.45, 7) is 4.73. The van der Waals surface area contributed by atoms with Crippen molar-refractivity contribution in [2.45, 2.75) is 13.5 Å². The first-order valence-electron chi connectivity index (χ1n) is 6.55. The first-order chi connectivity index (χ1) is 9.60. The molecule has 1 aromatic heterocycles. The maximum absolute atomic E-state index is 12.1. The van der Waals surface area contributed by atoms with Crippen LogP contribution in [0.5, 0.6) is 0 Å². The van der Waals surface area contributed by atoms with Crippen molar-refractivity contribution in [3.63, 3.8) is 0 Å². The van der Waals surface area contributed by atoms with Crippen LogP contribution in [0.25, 0.3) is 0 Å². The van der Waals surface area contributed by atoms with E-state index in [1.165, 1.54) is 11.0 Å². The highest BCUT2D eigenvalue weighted by Crippen LogP contribution is 2.04. The maximum Gasteiger partial charge on any atom is 0.317 e. The maximum atomic E-state index is 12.1. The van der Waals surface area contributed by atoms with Crippen LogP contribution < -0.4 is 11.1 Å². The van der Waals surface area contributed by atoms with Crippen molar-refractivity contribution in [3.05, 3.63) is 6.33 Å². The van der Waals surface area contributed by atoms with Gasteiger partial charge in [-0.2, -0.15) is 0 Å². The van der Waals surface area contributed by atoms with Gasteiger partial charge in [0.05, 0.1) is 0 Å². The predicted octanol–water partition coefficient (Wildman–Crippen LogP) is -1.27. The number of aromatic nitrogens is 3.